The highest BCUT2D eigenvalue weighted by molar-refractivity contribution is 9.10. The van der Waals surface area contributed by atoms with Gasteiger partial charge in [-0.2, -0.15) is 0 Å². The normalized spacial score (nSPS) is 16.0. The second-order valence-electron chi connectivity index (χ2n) is 8.18. The van der Waals surface area contributed by atoms with Crippen molar-refractivity contribution in [3.05, 3.63) is 64.3 Å². The summed E-state index contributed by atoms with van der Waals surface area (Å²) >= 11 is 3.54. The first-order valence-corrected chi connectivity index (χ1v) is 11.3. The van der Waals surface area contributed by atoms with Crippen LogP contribution in [0, 0.1) is 5.92 Å². The third kappa shape index (κ3) is 3.14. The number of phenolic OH excluding ortho intramolecular Hbond substituents is 1. The van der Waals surface area contributed by atoms with E-state index in [1.807, 2.05) is 19.1 Å². The van der Waals surface area contributed by atoms with Gasteiger partial charge in [-0.15, -0.1) is 0 Å². The summed E-state index contributed by atoms with van der Waals surface area (Å²) in [6.45, 7) is 4.75. The first-order chi connectivity index (χ1) is 14.6. The quantitative estimate of drug-likeness (QED) is 0.332. The van der Waals surface area contributed by atoms with Gasteiger partial charge in [-0.1, -0.05) is 37.3 Å². The minimum atomic E-state index is 0.144. The average Bonchev–Trinajstić information content (AvgIpc) is 2.75. The number of aryl methyl sites for hydroxylation is 1. The summed E-state index contributed by atoms with van der Waals surface area (Å²) in [5.74, 6) is 1.27. The zero-order valence-electron chi connectivity index (χ0n) is 17.2. The molecular formula is C26H24BrNO2. The van der Waals surface area contributed by atoms with E-state index in [0.717, 1.165) is 23.9 Å². The molecule has 1 aliphatic carbocycles. The number of hydrogen-bond acceptors (Lipinski definition) is 3. The number of phenols is 1. The van der Waals surface area contributed by atoms with E-state index in [1.54, 1.807) is 0 Å². The molecule has 0 spiro atoms. The molecule has 0 saturated heterocycles. The van der Waals surface area contributed by atoms with Crippen molar-refractivity contribution < 1.29 is 9.84 Å². The lowest BCUT2D eigenvalue weighted by atomic mass is 9.81. The maximum atomic E-state index is 10.5. The molecule has 3 aromatic carbocycles. The van der Waals surface area contributed by atoms with Crippen LogP contribution in [0.5, 0.6) is 11.5 Å². The van der Waals surface area contributed by atoms with E-state index in [9.17, 15) is 5.11 Å². The molecule has 1 heterocycles. The molecule has 1 atom stereocenters. The highest BCUT2D eigenvalue weighted by Gasteiger charge is 2.25. The van der Waals surface area contributed by atoms with E-state index < -0.39 is 0 Å². The summed E-state index contributed by atoms with van der Waals surface area (Å²) in [7, 11) is 0. The number of benzene rings is 3. The van der Waals surface area contributed by atoms with Gasteiger partial charge in [0.15, 0.2) is 11.5 Å². The van der Waals surface area contributed by atoms with E-state index in [-0.39, 0.29) is 5.75 Å². The molecular weight excluding hydrogens is 438 g/mol. The summed E-state index contributed by atoms with van der Waals surface area (Å²) in [6, 6.07) is 16.8. The zero-order valence-corrected chi connectivity index (χ0v) is 18.8. The van der Waals surface area contributed by atoms with Crippen LogP contribution in [0.15, 0.2) is 53.0 Å². The van der Waals surface area contributed by atoms with Crippen LogP contribution in [-0.4, -0.2) is 16.7 Å². The molecule has 0 aliphatic heterocycles. The number of hydrogen-bond donors (Lipinski definition) is 1. The number of fused-ring (bicyclic) bond motifs is 4. The Morgan fingerprint density at radius 3 is 2.83 bits per heavy atom. The van der Waals surface area contributed by atoms with Gasteiger partial charge in [0.25, 0.3) is 0 Å². The smallest absolute Gasteiger partial charge is 0.172 e. The van der Waals surface area contributed by atoms with Crippen LogP contribution in [0.3, 0.4) is 0 Å². The molecule has 4 aromatic rings. The van der Waals surface area contributed by atoms with Crippen LogP contribution < -0.4 is 4.74 Å². The molecule has 30 heavy (non-hydrogen) atoms. The van der Waals surface area contributed by atoms with Crippen LogP contribution >= 0.6 is 15.9 Å². The summed E-state index contributed by atoms with van der Waals surface area (Å²) in [5.41, 5.74) is 5.84. The molecule has 4 heteroatoms. The van der Waals surface area contributed by atoms with Gasteiger partial charge >= 0.3 is 0 Å². The van der Waals surface area contributed by atoms with Gasteiger partial charge in [-0.05, 0) is 93.7 Å². The standard InChI is InChI=1S/C26H24BrNO2/c1-3-30-23-14-17(13-20(27)26(23)29)24-19-12-15(2)8-10-21(19)28-22-11-9-16-6-4-5-7-18(16)25(22)24/h4-7,9,11,13-15,29H,3,8,10,12H2,1-2H3/t15-/m1/s1. The van der Waals surface area contributed by atoms with Crippen LogP contribution in [-0.2, 0) is 12.8 Å². The Hall–Kier alpha value is -2.59. The van der Waals surface area contributed by atoms with Crippen molar-refractivity contribution in [2.75, 3.05) is 6.61 Å². The Labute approximate surface area is 184 Å². The molecule has 152 valence electrons. The number of aromatic hydroxyl groups is 1. The van der Waals surface area contributed by atoms with E-state index >= 15 is 0 Å². The lowest BCUT2D eigenvalue weighted by Gasteiger charge is -2.26. The maximum Gasteiger partial charge on any atom is 0.172 e. The van der Waals surface area contributed by atoms with E-state index in [2.05, 4.69) is 59.3 Å². The first kappa shape index (κ1) is 19.4. The molecule has 0 radical (unpaired) electrons. The van der Waals surface area contributed by atoms with Gasteiger partial charge in [-0.25, -0.2) is 0 Å². The van der Waals surface area contributed by atoms with Gasteiger partial charge < -0.3 is 9.84 Å². The summed E-state index contributed by atoms with van der Waals surface area (Å²) in [6.07, 6.45) is 3.19. The third-order valence-electron chi connectivity index (χ3n) is 6.11. The summed E-state index contributed by atoms with van der Waals surface area (Å²) < 4.78 is 6.39. The Balaban J connectivity index is 1.92. The second kappa shape index (κ2) is 7.59. The molecule has 0 saturated carbocycles. The van der Waals surface area contributed by atoms with Crippen molar-refractivity contribution in [1.82, 2.24) is 4.98 Å². The predicted molar refractivity (Wildman–Crippen MR) is 126 cm³/mol. The predicted octanol–water partition coefficient (Wildman–Crippen LogP) is 7.05. The van der Waals surface area contributed by atoms with Crippen molar-refractivity contribution in [3.63, 3.8) is 0 Å². The number of nitrogens with zero attached hydrogens (tertiary/aromatic N) is 1. The molecule has 3 nitrogen and oxygen atoms in total. The number of rotatable bonds is 3. The fraction of sp³-hybridized carbons (Fsp3) is 0.269. The van der Waals surface area contributed by atoms with Gasteiger partial charge in [0.1, 0.15) is 0 Å². The lowest BCUT2D eigenvalue weighted by molar-refractivity contribution is 0.317. The largest absolute Gasteiger partial charge is 0.503 e. The van der Waals surface area contributed by atoms with E-state index in [1.165, 1.54) is 39.4 Å². The zero-order chi connectivity index (χ0) is 20.8. The van der Waals surface area contributed by atoms with Crippen LogP contribution in [0.25, 0.3) is 32.8 Å². The van der Waals surface area contributed by atoms with E-state index in [0.29, 0.717) is 22.7 Å². The molecule has 1 N–H and O–H groups in total. The molecule has 0 fully saturated rings. The monoisotopic (exact) mass is 461 g/mol. The second-order valence-corrected chi connectivity index (χ2v) is 9.03. The van der Waals surface area contributed by atoms with Crippen LogP contribution in [0.2, 0.25) is 0 Å². The highest BCUT2D eigenvalue weighted by atomic mass is 79.9. The number of aromatic nitrogens is 1. The minimum absolute atomic E-state index is 0.144. The van der Waals surface area contributed by atoms with Crippen LogP contribution in [0.4, 0.5) is 0 Å². The van der Waals surface area contributed by atoms with E-state index in [4.69, 9.17) is 9.72 Å². The molecule has 0 bridgehead atoms. The number of pyridine rings is 1. The average molecular weight is 462 g/mol. The van der Waals surface area contributed by atoms with Crippen molar-refractivity contribution in [3.8, 4) is 22.6 Å². The van der Waals surface area contributed by atoms with Gasteiger partial charge in [0.2, 0.25) is 0 Å². The maximum absolute atomic E-state index is 10.5. The molecule has 1 aromatic heterocycles. The Morgan fingerprint density at radius 2 is 2.00 bits per heavy atom. The fourth-order valence-corrected chi connectivity index (χ4v) is 5.13. The Morgan fingerprint density at radius 1 is 1.17 bits per heavy atom. The van der Waals surface area contributed by atoms with Crippen molar-refractivity contribution in [2.24, 2.45) is 5.92 Å². The highest BCUT2D eigenvalue weighted by Crippen LogP contribution is 2.45. The molecule has 0 unspecified atom stereocenters. The van der Waals surface area contributed by atoms with Gasteiger partial charge in [0, 0.05) is 11.1 Å². The van der Waals surface area contributed by atoms with Crippen molar-refractivity contribution in [1.29, 1.82) is 0 Å². The van der Waals surface area contributed by atoms with Crippen molar-refractivity contribution in [2.45, 2.75) is 33.1 Å². The summed E-state index contributed by atoms with van der Waals surface area (Å²) in [4.78, 5) is 5.09. The molecule has 0 amide bonds. The SMILES string of the molecule is CCOc1cc(-c2c3c(nc4ccc5ccccc5c24)CC[C@@H](C)C3)cc(Br)c1O. The Kier molecular flexibility index (Phi) is 4.90. The van der Waals surface area contributed by atoms with Gasteiger partial charge in [0.05, 0.1) is 16.6 Å². The number of ether oxygens (including phenoxy) is 1. The fourth-order valence-electron chi connectivity index (χ4n) is 4.69. The minimum Gasteiger partial charge on any atom is -0.503 e. The third-order valence-corrected chi connectivity index (χ3v) is 6.71. The van der Waals surface area contributed by atoms with Crippen molar-refractivity contribution >= 4 is 37.6 Å². The topological polar surface area (TPSA) is 42.4 Å². The first-order valence-electron chi connectivity index (χ1n) is 10.6. The molecule has 1 aliphatic rings. The Bertz CT molecular complexity index is 1280. The summed E-state index contributed by atoms with van der Waals surface area (Å²) in [5, 5.41) is 14.1. The molecule has 5 rings (SSSR count). The lowest BCUT2D eigenvalue weighted by Crippen LogP contribution is -2.14. The van der Waals surface area contributed by atoms with Gasteiger partial charge in [-0.3, -0.25) is 4.98 Å². The van der Waals surface area contributed by atoms with Crippen LogP contribution in [0.1, 0.15) is 31.5 Å². The number of halogens is 1.